The van der Waals surface area contributed by atoms with Crippen molar-refractivity contribution in [1.29, 1.82) is 0 Å². The summed E-state index contributed by atoms with van der Waals surface area (Å²) in [6, 6.07) is 1.09. The van der Waals surface area contributed by atoms with Gasteiger partial charge in [-0.05, 0) is 50.5 Å². The van der Waals surface area contributed by atoms with E-state index in [1.807, 2.05) is 0 Å². The molecule has 1 saturated carbocycles. The molecule has 3 heterocycles. The van der Waals surface area contributed by atoms with E-state index in [1.165, 1.54) is 36.6 Å². The fourth-order valence-corrected chi connectivity index (χ4v) is 3.25. The van der Waals surface area contributed by atoms with Crippen LogP contribution in [0.2, 0.25) is 0 Å². The summed E-state index contributed by atoms with van der Waals surface area (Å²) in [5.41, 5.74) is 2.33. The summed E-state index contributed by atoms with van der Waals surface area (Å²) in [7, 11) is 0. The van der Waals surface area contributed by atoms with Crippen molar-refractivity contribution in [3.63, 3.8) is 0 Å². The number of piperidine rings is 1. The quantitative estimate of drug-likeness (QED) is 0.807. The second-order valence-electron chi connectivity index (χ2n) is 6.64. The van der Waals surface area contributed by atoms with Crippen LogP contribution in [-0.2, 0) is 6.42 Å². The van der Waals surface area contributed by atoms with Crippen LogP contribution < -0.4 is 10.6 Å². The number of aromatic amines is 1. The largest absolute Gasteiger partial charge is 0.365 e. The van der Waals surface area contributed by atoms with Crippen molar-refractivity contribution in [3.05, 3.63) is 18.1 Å². The summed E-state index contributed by atoms with van der Waals surface area (Å²) in [6.07, 6.45) is 10.1. The Bertz CT molecular complexity index is 623. The first-order valence-electron chi connectivity index (χ1n) is 8.10. The highest BCUT2D eigenvalue weighted by atomic mass is 15.1. The summed E-state index contributed by atoms with van der Waals surface area (Å²) >= 11 is 0. The summed E-state index contributed by atoms with van der Waals surface area (Å²) < 4.78 is 0. The zero-order valence-electron chi connectivity index (χ0n) is 12.5. The van der Waals surface area contributed by atoms with Crippen LogP contribution in [0.15, 0.2) is 12.5 Å². The van der Waals surface area contributed by atoms with E-state index in [0.29, 0.717) is 12.1 Å². The minimum absolute atomic E-state index is 0.461. The van der Waals surface area contributed by atoms with E-state index in [2.05, 4.69) is 38.7 Å². The highest BCUT2D eigenvalue weighted by molar-refractivity contribution is 5.90. The van der Waals surface area contributed by atoms with Crippen LogP contribution in [0, 0.1) is 5.92 Å². The van der Waals surface area contributed by atoms with E-state index in [-0.39, 0.29) is 0 Å². The zero-order valence-corrected chi connectivity index (χ0v) is 12.5. The molecule has 2 aliphatic rings. The van der Waals surface area contributed by atoms with Gasteiger partial charge in [0.25, 0.3) is 0 Å². The van der Waals surface area contributed by atoms with Crippen LogP contribution >= 0.6 is 0 Å². The van der Waals surface area contributed by atoms with Crippen molar-refractivity contribution in [1.82, 2.24) is 20.3 Å². The molecule has 2 aromatic rings. The fourth-order valence-electron chi connectivity index (χ4n) is 3.25. The molecule has 1 saturated heterocycles. The molecule has 5 heteroatoms. The van der Waals surface area contributed by atoms with Crippen LogP contribution in [0.1, 0.15) is 38.2 Å². The zero-order chi connectivity index (χ0) is 14.2. The molecular formula is C16H23N5. The highest BCUT2D eigenvalue weighted by Gasteiger charge is 2.25. The predicted molar refractivity (Wildman–Crippen MR) is 84.4 cm³/mol. The normalized spacial score (nSPS) is 26.1. The van der Waals surface area contributed by atoms with Gasteiger partial charge in [-0.1, -0.05) is 0 Å². The Morgan fingerprint density at radius 3 is 2.90 bits per heavy atom. The number of aromatic nitrogens is 3. The third-order valence-electron chi connectivity index (χ3n) is 4.76. The average molecular weight is 285 g/mol. The second kappa shape index (κ2) is 5.30. The van der Waals surface area contributed by atoms with Crippen molar-refractivity contribution < 1.29 is 0 Å². The molecule has 1 aliphatic carbocycles. The van der Waals surface area contributed by atoms with Crippen molar-refractivity contribution in [2.24, 2.45) is 5.92 Å². The van der Waals surface area contributed by atoms with E-state index in [9.17, 15) is 0 Å². The van der Waals surface area contributed by atoms with E-state index in [1.54, 1.807) is 6.33 Å². The molecule has 4 rings (SSSR count). The Morgan fingerprint density at radius 2 is 2.14 bits per heavy atom. The average Bonchev–Trinajstić information content (AvgIpc) is 3.21. The Kier molecular flexibility index (Phi) is 3.30. The number of anilines is 1. The Balaban J connectivity index is 1.59. The molecule has 0 aromatic carbocycles. The fraction of sp³-hybridized carbons (Fsp3) is 0.625. The van der Waals surface area contributed by atoms with Gasteiger partial charge in [-0.2, -0.15) is 0 Å². The van der Waals surface area contributed by atoms with Crippen molar-refractivity contribution in [2.75, 3.05) is 11.9 Å². The number of nitrogens with zero attached hydrogens (tertiary/aromatic N) is 2. The van der Waals surface area contributed by atoms with Gasteiger partial charge in [0.2, 0.25) is 0 Å². The summed E-state index contributed by atoms with van der Waals surface area (Å²) in [6.45, 7) is 3.26. The number of H-pyrrole nitrogens is 1. The predicted octanol–water partition coefficient (Wildman–Crippen LogP) is 2.46. The van der Waals surface area contributed by atoms with Gasteiger partial charge in [0, 0.05) is 24.8 Å². The number of fused-ring (bicyclic) bond motifs is 1. The number of nitrogens with one attached hydrogen (secondary N) is 3. The first-order valence-corrected chi connectivity index (χ1v) is 8.10. The maximum absolute atomic E-state index is 4.51. The minimum atomic E-state index is 0.461. The lowest BCUT2D eigenvalue weighted by Gasteiger charge is -2.28. The van der Waals surface area contributed by atoms with Crippen molar-refractivity contribution >= 4 is 16.9 Å². The lowest BCUT2D eigenvalue weighted by molar-refractivity contribution is 0.398. The first kappa shape index (κ1) is 13.1. The third kappa shape index (κ3) is 2.75. The molecule has 0 amide bonds. The van der Waals surface area contributed by atoms with Crippen LogP contribution in [0.5, 0.6) is 0 Å². The lowest BCUT2D eigenvalue weighted by Crippen LogP contribution is -2.43. The number of rotatable bonds is 4. The summed E-state index contributed by atoms with van der Waals surface area (Å²) in [4.78, 5) is 12.2. The van der Waals surface area contributed by atoms with Crippen LogP contribution in [0.4, 0.5) is 5.82 Å². The van der Waals surface area contributed by atoms with Gasteiger partial charge in [-0.25, -0.2) is 9.97 Å². The highest BCUT2D eigenvalue weighted by Crippen LogP contribution is 2.35. The van der Waals surface area contributed by atoms with Crippen LogP contribution in [0.25, 0.3) is 11.0 Å². The third-order valence-corrected chi connectivity index (χ3v) is 4.76. The van der Waals surface area contributed by atoms with Crippen molar-refractivity contribution in [3.8, 4) is 0 Å². The molecule has 21 heavy (non-hydrogen) atoms. The van der Waals surface area contributed by atoms with Gasteiger partial charge in [0.05, 0.1) is 5.39 Å². The van der Waals surface area contributed by atoms with E-state index in [0.717, 1.165) is 30.3 Å². The molecule has 2 atom stereocenters. The molecule has 0 unspecified atom stereocenters. The van der Waals surface area contributed by atoms with Crippen molar-refractivity contribution in [2.45, 2.75) is 51.1 Å². The second-order valence-corrected chi connectivity index (χ2v) is 6.64. The molecule has 3 N–H and O–H groups in total. The Labute approximate surface area is 124 Å². The summed E-state index contributed by atoms with van der Waals surface area (Å²) in [5.74, 6) is 1.87. The molecule has 112 valence electrons. The van der Waals surface area contributed by atoms with Gasteiger partial charge >= 0.3 is 0 Å². The summed E-state index contributed by atoms with van der Waals surface area (Å²) in [5, 5.41) is 8.37. The first-order chi connectivity index (χ1) is 10.3. The van der Waals surface area contributed by atoms with E-state index in [4.69, 9.17) is 0 Å². The molecule has 0 radical (unpaired) electrons. The molecule has 5 nitrogen and oxygen atoms in total. The van der Waals surface area contributed by atoms with Gasteiger partial charge in [-0.15, -0.1) is 0 Å². The maximum atomic E-state index is 4.51. The lowest BCUT2D eigenvalue weighted by atomic mass is 10.0. The number of hydrogen-bond donors (Lipinski definition) is 3. The smallest absolute Gasteiger partial charge is 0.143 e. The Hall–Kier alpha value is -1.62. The van der Waals surface area contributed by atoms with E-state index >= 15 is 0 Å². The molecular weight excluding hydrogens is 262 g/mol. The molecule has 1 aliphatic heterocycles. The molecule has 2 aromatic heterocycles. The van der Waals surface area contributed by atoms with E-state index < -0.39 is 0 Å². The number of hydrogen-bond acceptors (Lipinski definition) is 4. The maximum Gasteiger partial charge on any atom is 0.143 e. The molecule has 0 spiro atoms. The minimum Gasteiger partial charge on any atom is -0.365 e. The molecule has 0 bridgehead atoms. The van der Waals surface area contributed by atoms with Gasteiger partial charge < -0.3 is 15.6 Å². The van der Waals surface area contributed by atoms with Gasteiger partial charge in [0.1, 0.15) is 17.8 Å². The standard InChI is InChI=1S/C16H23N5/c1-10-2-5-13(8-17-10)21-16-14-12(6-11-3-4-11)7-18-15(14)19-9-20-16/h7,9-11,13,17H,2-6,8H2,1H3,(H2,18,19,20,21)/t10-,13+/m0/s1. The topological polar surface area (TPSA) is 65.6 Å². The molecule has 2 fully saturated rings. The van der Waals surface area contributed by atoms with Crippen LogP contribution in [0.3, 0.4) is 0 Å². The van der Waals surface area contributed by atoms with Gasteiger partial charge in [0.15, 0.2) is 0 Å². The monoisotopic (exact) mass is 285 g/mol. The van der Waals surface area contributed by atoms with Gasteiger partial charge in [-0.3, -0.25) is 0 Å². The SMILES string of the molecule is C[C@H]1CC[C@@H](Nc2ncnc3[nH]cc(CC4CC4)c23)CN1. The van der Waals surface area contributed by atoms with Crippen LogP contribution in [-0.4, -0.2) is 33.6 Å². The Morgan fingerprint density at radius 1 is 1.24 bits per heavy atom.